The maximum atomic E-state index is 11.2. The van der Waals surface area contributed by atoms with Gasteiger partial charge in [0.1, 0.15) is 12.0 Å². The van der Waals surface area contributed by atoms with Gasteiger partial charge in [-0.05, 0) is 19.2 Å². The van der Waals surface area contributed by atoms with Crippen molar-refractivity contribution >= 4 is 33.7 Å². The van der Waals surface area contributed by atoms with E-state index in [0.717, 1.165) is 0 Å². The fraction of sp³-hybridized carbons (Fsp3) is 0.500. The van der Waals surface area contributed by atoms with Gasteiger partial charge < -0.3 is 19.5 Å². The van der Waals surface area contributed by atoms with Gasteiger partial charge in [-0.3, -0.25) is 0 Å². The molecule has 1 N–H and O–H groups in total. The van der Waals surface area contributed by atoms with E-state index in [2.05, 4.69) is 14.8 Å². The molecule has 1 rings (SSSR count). The molecular weight excluding hydrogens is 302 g/mol. The Morgan fingerprint density at radius 3 is 2.80 bits per heavy atom. The number of rotatable bonds is 8. The van der Waals surface area contributed by atoms with E-state index in [1.807, 2.05) is 24.4 Å². The van der Waals surface area contributed by atoms with Crippen molar-refractivity contribution in [2.45, 2.75) is 12.3 Å². The first-order chi connectivity index (χ1) is 9.72. The molecular formula is C12H17NO5S2. The number of allylic oxidation sites excluding steroid dienone is 2. The normalized spacial score (nSPS) is 16.4. The van der Waals surface area contributed by atoms with Crippen molar-refractivity contribution in [3.63, 3.8) is 0 Å². The van der Waals surface area contributed by atoms with E-state index in [4.69, 9.17) is 4.74 Å². The van der Waals surface area contributed by atoms with Gasteiger partial charge in [0.25, 0.3) is 0 Å². The summed E-state index contributed by atoms with van der Waals surface area (Å²) in [7, 11) is 3.24. The van der Waals surface area contributed by atoms with Crippen LogP contribution in [0.4, 0.5) is 4.79 Å². The van der Waals surface area contributed by atoms with Crippen LogP contribution in [0.3, 0.4) is 0 Å². The fourth-order valence-electron chi connectivity index (χ4n) is 1.12. The first-order valence-electron chi connectivity index (χ1n) is 6.05. The first-order valence-corrected chi connectivity index (χ1v) is 8.43. The van der Waals surface area contributed by atoms with Gasteiger partial charge in [0.05, 0.1) is 6.61 Å². The zero-order valence-corrected chi connectivity index (χ0v) is 12.7. The Morgan fingerprint density at radius 1 is 1.25 bits per heavy atom. The Labute approximate surface area is 125 Å². The zero-order valence-electron chi connectivity index (χ0n) is 11.1. The molecule has 0 spiro atoms. The Morgan fingerprint density at radius 2 is 2.10 bits per heavy atom. The van der Waals surface area contributed by atoms with E-state index < -0.39 is 18.7 Å². The summed E-state index contributed by atoms with van der Waals surface area (Å²) in [5.74, 6) is 0.0771. The molecule has 1 heterocycles. The van der Waals surface area contributed by atoms with E-state index in [9.17, 15) is 9.59 Å². The summed E-state index contributed by atoms with van der Waals surface area (Å²) in [5.41, 5.74) is 0. The molecule has 0 aromatic heterocycles. The van der Waals surface area contributed by atoms with Crippen LogP contribution in [0.15, 0.2) is 24.4 Å². The Balaban J connectivity index is 1.95. The smallest absolute Gasteiger partial charge is 0.462 e. The lowest BCUT2D eigenvalue weighted by Gasteiger charge is -2.14. The number of ether oxygens (including phenoxy) is 3. The average molecular weight is 319 g/mol. The summed E-state index contributed by atoms with van der Waals surface area (Å²) in [4.78, 5) is 22.0. The lowest BCUT2D eigenvalue weighted by molar-refractivity contribution is -0.147. The third-order valence-corrected chi connectivity index (χ3v) is 4.43. The van der Waals surface area contributed by atoms with Crippen molar-refractivity contribution in [1.29, 1.82) is 0 Å². The van der Waals surface area contributed by atoms with Crippen LogP contribution in [0.2, 0.25) is 0 Å². The number of hydrogen-bond acceptors (Lipinski definition) is 8. The quantitative estimate of drug-likeness (QED) is 0.414. The van der Waals surface area contributed by atoms with Gasteiger partial charge in [0, 0.05) is 5.75 Å². The molecule has 0 bridgehead atoms. The molecule has 0 aromatic carbocycles. The molecule has 1 atom stereocenters. The summed E-state index contributed by atoms with van der Waals surface area (Å²) in [6.45, 7) is 1.71. The van der Waals surface area contributed by atoms with Gasteiger partial charge in [0.15, 0.2) is 6.61 Å². The summed E-state index contributed by atoms with van der Waals surface area (Å²) in [6, 6.07) is 0. The average Bonchev–Trinajstić information content (AvgIpc) is 2.46. The molecule has 112 valence electrons. The largest absolute Gasteiger partial charge is 0.508 e. The van der Waals surface area contributed by atoms with Crippen molar-refractivity contribution in [3.05, 3.63) is 24.4 Å². The van der Waals surface area contributed by atoms with E-state index >= 15 is 0 Å². The minimum atomic E-state index is -0.863. The standard InChI is InChI=1S/C12H17NO5S2/c1-2-16-12(15)18-9-11(14)17-7-8-19-20-10-5-3-4-6-13-10/h3-6,10,13H,2,7-9H2,1H3. The molecule has 0 amide bonds. The maximum Gasteiger partial charge on any atom is 0.508 e. The second kappa shape index (κ2) is 10.5. The Hall–Kier alpha value is -1.28. The third kappa shape index (κ3) is 8.00. The predicted octanol–water partition coefficient (Wildman–Crippen LogP) is 2.08. The van der Waals surface area contributed by atoms with Crippen molar-refractivity contribution in [3.8, 4) is 0 Å². The summed E-state index contributed by atoms with van der Waals surface area (Å²) in [6.07, 6.45) is 6.95. The second-order valence-corrected chi connectivity index (χ2v) is 6.07. The van der Waals surface area contributed by atoms with Gasteiger partial charge in [-0.1, -0.05) is 33.7 Å². The molecule has 0 fully saturated rings. The number of hydrogen-bond donors (Lipinski definition) is 1. The highest BCUT2D eigenvalue weighted by Gasteiger charge is 2.09. The summed E-state index contributed by atoms with van der Waals surface area (Å²) >= 11 is 0. The maximum absolute atomic E-state index is 11.2. The van der Waals surface area contributed by atoms with Crippen molar-refractivity contribution in [2.24, 2.45) is 0 Å². The molecule has 6 nitrogen and oxygen atoms in total. The minimum absolute atomic E-state index is 0.209. The van der Waals surface area contributed by atoms with E-state index in [0.29, 0.717) is 5.75 Å². The van der Waals surface area contributed by atoms with Gasteiger partial charge in [0.2, 0.25) is 0 Å². The third-order valence-electron chi connectivity index (χ3n) is 1.93. The summed E-state index contributed by atoms with van der Waals surface area (Å²) < 4.78 is 13.9. The van der Waals surface area contributed by atoms with Crippen LogP contribution in [0.5, 0.6) is 0 Å². The van der Waals surface area contributed by atoms with Crippen LogP contribution in [0, 0.1) is 0 Å². The topological polar surface area (TPSA) is 73.9 Å². The number of dihydropyridines is 1. The van der Waals surface area contributed by atoms with Gasteiger partial charge in [-0.25, -0.2) is 9.59 Å². The summed E-state index contributed by atoms with van der Waals surface area (Å²) in [5, 5.41) is 3.39. The van der Waals surface area contributed by atoms with E-state index in [-0.39, 0.29) is 18.6 Å². The Bertz CT molecular complexity index is 373. The van der Waals surface area contributed by atoms with Crippen molar-refractivity contribution in [1.82, 2.24) is 5.32 Å². The van der Waals surface area contributed by atoms with Gasteiger partial charge in [-0.2, -0.15) is 0 Å². The van der Waals surface area contributed by atoms with E-state index in [1.54, 1.807) is 28.5 Å². The molecule has 0 saturated carbocycles. The molecule has 0 aliphatic carbocycles. The monoisotopic (exact) mass is 319 g/mol. The van der Waals surface area contributed by atoms with Crippen LogP contribution in [0.1, 0.15) is 6.92 Å². The minimum Gasteiger partial charge on any atom is -0.462 e. The van der Waals surface area contributed by atoms with Gasteiger partial charge >= 0.3 is 12.1 Å². The molecule has 0 saturated heterocycles. The number of nitrogens with one attached hydrogen (secondary N) is 1. The molecule has 1 unspecified atom stereocenters. The number of carbonyl (C=O) groups is 2. The van der Waals surface area contributed by atoms with Crippen LogP contribution < -0.4 is 5.32 Å². The zero-order chi connectivity index (χ0) is 14.6. The van der Waals surface area contributed by atoms with Crippen LogP contribution >= 0.6 is 21.6 Å². The predicted molar refractivity (Wildman–Crippen MR) is 79.2 cm³/mol. The lowest BCUT2D eigenvalue weighted by Crippen LogP contribution is -2.19. The molecule has 8 heteroatoms. The number of carbonyl (C=O) groups excluding carboxylic acids is 2. The lowest BCUT2D eigenvalue weighted by atomic mass is 10.4. The van der Waals surface area contributed by atoms with Crippen molar-refractivity contribution < 1.29 is 23.8 Å². The molecule has 1 aliphatic heterocycles. The molecule has 20 heavy (non-hydrogen) atoms. The van der Waals surface area contributed by atoms with Crippen LogP contribution in [-0.2, 0) is 19.0 Å². The highest BCUT2D eigenvalue weighted by atomic mass is 33.1. The molecule has 0 radical (unpaired) electrons. The Kier molecular flexibility index (Phi) is 8.81. The fourth-order valence-corrected chi connectivity index (χ4v) is 3.09. The first kappa shape index (κ1) is 16.8. The van der Waals surface area contributed by atoms with Crippen LogP contribution in [-0.4, -0.2) is 43.1 Å². The van der Waals surface area contributed by atoms with Gasteiger partial charge in [-0.15, -0.1) is 0 Å². The number of esters is 1. The highest BCUT2D eigenvalue weighted by molar-refractivity contribution is 8.77. The molecule has 0 aromatic rings. The van der Waals surface area contributed by atoms with E-state index in [1.165, 1.54) is 0 Å². The SMILES string of the molecule is CCOC(=O)OCC(=O)OCCSSC1C=CC=CN1. The molecule has 1 aliphatic rings. The van der Waals surface area contributed by atoms with Crippen molar-refractivity contribution in [2.75, 3.05) is 25.6 Å². The highest BCUT2D eigenvalue weighted by Crippen LogP contribution is 2.26. The second-order valence-electron chi connectivity index (χ2n) is 3.44. The van der Waals surface area contributed by atoms with Crippen LogP contribution in [0.25, 0.3) is 0 Å².